The van der Waals surface area contributed by atoms with Crippen molar-refractivity contribution in [3.8, 4) is 0 Å². The zero-order chi connectivity index (χ0) is 16.2. The van der Waals surface area contributed by atoms with Crippen LogP contribution in [0.5, 0.6) is 0 Å². The van der Waals surface area contributed by atoms with Crippen LogP contribution in [0.25, 0.3) is 0 Å². The zero-order valence-corrected chi connectivity index (χ0v) is 14.0. The SMILES string of the molecule is CN(Cc1cnccn1)CC1CCN(C(=O)OC(C)(C)C)C1. The molecule has 0 aliphatic carbocycles. The van der Waals surface area contributed by atoms with E-state index in [2.05, 4.69) is 21.9 Å². The van der Waals surface area contributed by atoms with Gasteiger partial charge >= 0.3 is 6.09 Å². The molecule has 0 N–H and O–H groups in total. The summed E-state index contributed by atoms with van der Waals surface area (Å²) in [5, 5.41) is 0. The Hall–Kier alpha value is -1.69. The Kier molecular flexibility index (Phi) is 5.34. The minimum absolute atomic E-state index is 0.202. The van der Waals surface area contributed by atoms with E-state index in [4.69, 9.17) is 4.74 Å². The largest absolute Gasteiger partial charge is 0.444 e. The van der Waals surface area contributed by atoms with E-state index >= 15 is 0 Å². The molecule has 0 radical (unpaired) electrons. The average Bonchev–Trinajstić information content (AvgIpc) is 2.86. The van der Waals surface area contributed by atoms with Crippen LogP contribution in [-0.4, -0.2) is 58.1 Å². The number of hydrogen-bond acceptors (Lipinski definition) is 5. The van der Waals surface area contributed by atoms with E-state index in [1.165, 1.54) is 0 Å². The van der Waals surface area contributed by atoms with E-state index in [1.807, 2.05) is 25.7 Å². The summed E-state index contributed by atoms with van der Waals surface area (Å²) in [6, 6.07) is 0. The van der Waals surface area contributed by atoms with Gasteiger partial charge in [-0.15, -0.1) is 0 Å². The molecule has 6 nitrogen and oxygen atoms in total. The normalized spacial score (nSPS) is 18.8. The number of amides is 1. The molecule has 1 fully saturated rings. The molecule has 122 valence electrons. The number of hydrogen-bond donors (Lipinski definition) is 0. The van der Waals surface area contributed by atoms with E-state index in [9.17, 15) is 4.79 Å². The molecule has 0 spiro atoms. The van der Waals surface area contributed by atoms with Crippen molar-refractivity contribution in [2.75, 3.05) is 26.7 Å². The van der Waals surface area contributed by atoms with Gasteiger partial charge in [0.05, 0.1) is 5.69 Å². The minimum atomic E-state index is -0.433. The quantitative estimate of drug-likeness (QED) is 0.853. The topological polar surface area (TPSA) is 58.6 Å². The number of aromatic nitrogens is 2. The van der Waals surface area contributed by atoms with Gasteiger partial charge in [-0.25, -0.2) is 4.79 Å². The van der Waals surface area contributed by atoms with E-state index in [0.29, 0.717) is 5.92 Å². The van der Waals surface area contributed by atoms with Gasteiger partial charge in [0.15, 0.2) is 0 Å². The third kappa shape index (κ3) is 5.26. The molecule has 1 aromatic heterocycles. The van der Waals surface area contributed by atoms with E-state index < -0.39 is 5.60 Å². The number of carbonyl (C=O) groups is 1. The molecule has 0 bridgehead atoms. The first-order chi connectivity index (χ1) is 10.3. The van der Waals surface area contributed by atoms with Gasteiger partial charge in [-0.05, 0) is 40.2 Å². The molecule has 22 heavy (non-hydrogen) atoms. The highest BCUT2D eigenvalue weighted by molar-refractivity contribution is 5.68. The number of rotatable bonds is 4. The fourth-order valence-electron chi connectivity index (χ4n) is 2.67. The van der Waals surface area contributed by atoms with Gasteiger partial charge in [-0.3, -0.25) is 9.97 Å². The van der Waals surface area contributed by atoms with Crippen LogP contribution in [0, 0.1) is 5.92 Å². The first-order valence-electron chi connectivity index (χ1n) is 7.75. The van der Waals surface area contributed by atoms with Crippen LogP contribution < -0.4 is 0 Å². The highest BCUT2D eigenvalue weighted by Gasteiger charge is 2.30. The van der Waals surface area contributed by atoms with Gasteiger partial charge in [-0.2, -0.15) is 0 Å². The smallest absolute Gasteiger partial charge is 0.410 e. The lowest BCUT2D eigenvalue weighted by atomic mass is 10.1. The molecule has 1 aliphatic rings. The van der Waals surface area contributed by atoms with Crippen LogP contribution in [0.15, 0.2) is 18.6 Å². The van der Waals surface area contributed by atoms with Crippen LogP contribution in [0.4, 0.5) is 4.79 Å². The van der Waals surface area contributed by atoms with E-state index in [0.717, 1.165) is 38.3 Å². The summed E-state index contributed by atoms with van der Waals surface area (Å²) in [6.07, 6.45) is 6.00. The van der Waals surface area contributed by atoms with Crippen molar-refractivity contribution in [1.82, 2.24) is 19.8 Å². The first-order valence-corrected chi connectivity index (χ1v) is 7.75. The summed E-state index contributed by atoms with van der Waals surface area (Å²) in [7, 11) is 2.07. The fourth-order valence-corrected chi connectivity index (χ4v) is 2.67. The van der Waals surface area contributed by atoms with Crippen molar-refractivity contribution in [3.05, 3.63) is 24.3 Å². The maximum atomic E-state index is 12.1. The van der Waals surface area contributed by atoms with Crippen molar-refractivity contribution < 1.29 is 9.53 Å². The van der Waals surface area contributed by atoms with E-state index in [-0.39, 0.29) is 6.09 Å². The molecule has 0 saturated carbocycles. The molecular weight excluding hydrogens is 280 g/mol. The number of ether oxygens (including phenoxy) is 1. The molecule has 1 amide bonds. The second-order valence-electron chi connectivity index (χ2n) is 6.97. The third-order valence-corrected chi connectivity index (χ3v) is 3.56. The first kappa shape index (κ1) is 16.7. The van der Waals surface area contributed by atoms with Gasteiger partial charge in [0.2, 0.25) is 0 Å². The average molecular weight is 306 g/mol. The second-order valence-corrected chi connectivity index (χ2v) is 6.97. The van der Waals surface area contributed by atoms with Gasteiger partial charge in [0.25, 0.3) is 0 Å². The zero-order valence-electron chi connectivity index (χ0n) is 14.0. The predicted octanol–water partition coefficient (Wildman–Crippen LogP) is 2.17. The molecule has 6 heteroatoms. The molecule has 1 aliphatic heterocycles. The Morgan fingerprint density at radius 1 is 1.45 bits per heavy atom. The van der Waals surface area contributed by atoms with Crippen molar-refractivity contribution in [3.63, 3.8) is 0 Å². The number of likely N-dealkylation sites (tertiary alicyclic amines) is 1. The van der Waals surface area contributed by atoms with Crippen molar-refractivity contribution in [1.29, 1.82) is 0 Å². The third-order valence-electron chi connectivity index (χ3n) is 3.56. The number of carbonyl (C=O) groups excluding carboxylic acids is 1. The molecule has 1 atom stereocenters. The maximum Gasteiger partial charge on any atom is 0.410 e. The minimum Gasteiger partial charge on any atom is -0.444 e. The Bertz CT molecular complexity index is 487. The molecule has 2 rings (SSSR count). The highest BCUT2D eigenvalue weighted by Crippen LogP contribution is 2.20. The van der Waals surface area contributed by atoms with Crippen molar-refractivity contribution >= 4 is 6.09 Å². The lowest BCUT2D eigenvalue weighted by Crippen LogP contribution is -2.36. The summed E-state index contributed by atoms with van der Waals surface area (Å²) in [5.41, 5.74) is 0.532. The van der Waals surface area contributed by atoms with Gasteiger partial charge < -0.3 is 14.5 Å². The van der Waals surface area contributed by atoms with E-state index in [1.54, 1.807) is 18.6 Å². The maximum absolute atomic E-state index is 12.1. The standard InChI is InChI=1S/C16H26N4O2/c1-16(2,3)22-15(21)20-8-5-13(11-20)10-19(4)12-14-9-17-6-7-18-14/h6-7,9,13H,5,8,10-12H2,1-4H3. The Balaban J connectivity index is 1.77. The van der Waals surface area contributed by atoms with Crippen LogP contribution in [0.1, 0.15) is 32.9 Å². The van der Waals surface area contributed by atoms with Gasteiger partial charge in [-0.1, -0.05) is 0 Å². The Labute approximate surface area is 132 Å². The molecule has 2 heterocycles. The van der Waals surface area contributed by atoms with Gasteiger partial charge in [0, 0.05) is 44.8 Å². The summed E-state index contributed by atoms with van der Waals surface area (Å²) >= 11 is 0. The monoisotopic (exact) mass is 306 g/mol. The van der Waals surface area contributed by atoms with Crippen molar-refractivity contribution in [2.45, 2.75) is 39.3 Å². The molecule has 1 aromatic rings. The second kappa shape index (κ2) is 7.05. The predicted molar refractivity (Wildman–Crippen MR) is 84.3 cm³/mol. The lowest BCUT2D eigenvalue weighted by molar-refractivity contribution is 0.0285. The lowest BCUT2D eigenvalue weighted by Gasteiger charge is -2.25. The molecule has 1 unspecified atom stereocenters. The van der Waals surface area contributed by atoms with Crippen LogP contribution in [0.2, 0.25) is 0 Å². The highest BCUT2D eigenvalue weighted by atomic mass is 16.6. The van der Waals surface area contributed by atoms with Crippen LogP contribution in [0.3, 0.4) is 0 Å². The number of nitrogens with zero attached hydrogens (tertiary/aromatic N) is 4. The van der Waals surface area contributed by atoms with Gasteiger partial charge in [0.1, 0.15) is 5.60 Å². The Morgan fingerprint density at radius 3 is 2.86 bits per heavy atom. The van der Waals surface area contributed by atoms with Crippen LogP contribution >= 0.6 is 0 Å². The van der Waals surface area contributed by atoms with Crippen molar-refractivity contribution in [2.24, 2.45) is 5.92 Å². The molecule has 1 saturated heterocycles. The molecule has 0 aromatic carbocycles. The summed E-state index contributed by atoms with van der Waals surface area (Å²) in [5.74, 6) is 0.481. The van der Waals surface area contributed by atoms with Crippen LogP contribution in [-0.2, 0) is 11.3 Å². The Morgan fingerprint density at radius 2 is 2.23 bits per heavy atom. The summed E-state index contributed by atoms with van der Waals surface area (Å²) in [4.78, 5) is 24.5. The summed E-state index contributed by atoms with van der Waals surface area (Å²) < 4.78 is 5.43. The fraction of sp³-hybridized carbons (Fsp3) is 0.688. The molecular formula is C16H26N4O2. The summed E-state index contributed by atoms with van der Waals surface area (Å²) in [6.45, 7) is 8.94.